The van der Waals surface area contributed by atoms with Gasteiger partial charge in [0, 0.05) is 12.7 Å². The average Bonchev–Trinajstić information content (AvgIpc) is 2.14. The molecule has 0 radical (unpaired) electrons. The van der Waals surface area contributed by atoms with Crippen LogP contribution in [-0.2, 0) is 4.79 Å². The zero-order valence-corrected chi connectivity index (χ0v) is 8.74. The lowest BCUT2D eigenvalue weighted by atomic mass is 10.1. The van der Waals surface area contributed by atoms with E-state index in [1.165, 1.54) is 4.90 Å². The molecule has 14 heavy (non-hydrogen) atoms. The highest BCUT2D eigenvalue weighted by Crippen LogP contribution is 2.17. The predicted molar refractivity (Wildman–Crippen MR) is 56.4 cm³/mol. The van der Waals surface area contributed by atoms with Gasteiger partial charge in [-0.15, -0.1) is 0 Å². The minimum atomic E-state index is -0.455. The van der Waals surface area contributed by atoms with E-state index >= 15 is 0 Å². The third-order valence-corrected chi connectivity index (χ3v) is 2.10. The van der Waals surface area contributed by atoms with Crippen molar-refractivity contribution in [2.75, 3.05) is 18.6 Å². The molecule has 0 atom stereocenters. The number of aryl methyl sites for hydroxylation is 2. The maximum Gasteiger partial charge on any atom is 0.252 e. The summed E-state index contributed by atoms with van der Waals surface area (Å²) in [4.78, 5) is 12.7. The van der Waals surface area contributed by atoms with E-state index in [0.717, 1.165) is 16.8 Å². The second kappa shape index (κ2) is 4.24. The van der Waals surface area contributed by atoms with Gasteiger partial charge in [-0.1, -0.05) is 6.07 Å². The molecule has 0 aliphatic heterocycles. The molecule has 76 valence electrons. The molecule has 1 amide bonds. The van der Waals surface area contributed by atoms with Crippen LogP contribution in [-0.4, -0.2) is 24.7 Å². The number of nitrogens with zero attached hydrogens (tertiary/aromatic N) is 1. The summed E-state index contributed by atoms with van der Waals surface area (Å²) in [6, 6.07) is 5.88. The van der Waals surface area contributed by atoms with Crippen molar-refractivity contribution in [3.05, 3.63) is 29.3 Å². The Hall–Kier alpha value is -1.35. The molecule has 1 aromatic carbocycles. The summed E-state index contributed by atoms with van der Waals surface area (Å²) in [5.74, 6) is -0.296. The van der Waals surface area contributed by atoms with Gasteiger partial charge in [-0.25, -0.2) is 0 Å². The Morgan fingerprint density at radius 1 is 1.29 bits per heavy atom. The Morgan fingerprint density at radius 3 is 2.21 bits per heavy atom. The van der Waals surface area contributed by atoms with E-state index in [1.807, 2.05) is 32.0 Å². The van der Waals surface area contributed by atoms with Crippen molar-refractivity contribution in [2.24, 2.45) is 0 Å². The van der Waals surface area contributed by atoms with Crippen LogP contribution in [0, 0.1) is 13.8 Å². The maximum atomic E-state index is 11.2. The van der Waals surface area contributed by atoms with Crippen molar-refractivity contribution in [1.82, 2.24) is 0 Å². The number of carbonyl (C=O) groups is 1. The van der Waals surface area contributed by atoms with Gasteiger partial charge in [0.1, 0.15) is 6.61 Å². The van der Waals surface area contributed by atoms with E-state index in [9.17, 15) is 4.79 Å². The van der Waals surface area contributed by atoms with Crippen molar-refractivity contribution in [3.8, 4) is 0 Å². The van der Waals surface area contributed by atoms with Crippen LogP contribution in [0.1, 0.15) is 11.1 Å². The first-order chi connectivity index (χ1) is 6.54. The Bertz CT molecular complexity index is 327. The van der Waals surface area contributed by atoms with Gasteiger partial charge in [-0.2, -0.15) is 0 Å². The first-order valence-electron chi connectivity index (χ1n) is 4.50. The Kier molecular flexibility index (Phi) is 3.25. The lowest BCUT2D eigenvalue weighted by molar-refractivity contribution is -0.120. The summed E-state index contributed by atoms with van der Waals surface area (Å²) < 4.78 is 0. The van der Waals surface area contributed by atoms with Crippen molar-refractivity contribution in [3.63, 3.8) is 0 Å². The second-order valence-corrected chi connectivity index (χ2v) is 3.46. The van der Waals surface area contributed by atoms with Gasteiger partial charge < -0.3 is 10.0 Å². The second-order valence-electron chi connectivity index (χ2n) is 3.46. The molecule has 0 saturated carbocycles. The first kappa shape index (κ1) is 10.7. The molecule has 3 nitrogen and oxygen atoms in total. The number of likely N-dealkylation sites (N-methyl/N-ethyl adjacent to an activating group) is 1. The van der Waals surface area contributed by atoms with Crippen LogP contribution in [0.4, 0.5) is 5.69 Å². The fourth-order valence-corrected chi connectivity index (χ4v) is 1.39. The molecule has 3 heteroatoms. The Morgan fingerprint density at radius 2 is 1.79 bits per heavy atom. The summed E-state index contributed by atoms with van der Waals surface area (Å²) >= 11 is 0. The van der Waals surface area contributed by atoms with Crippen molar-refractivity contribution in [2.45, 2.75) is 13.8 Å². The quantitative estimate of drug-likeness (QED) is 0.768. The number of aliphatic hydroxyl groups excluding tert-OH is 1. The molecule has 0 saturated heterocycles. The van der Waals surface area contributed by atoms with Crippen LogP contribution in [0.5, 0.6) is 0 Å². The molecule has 0 fully saturated rings. The van der Waals surface area contributed by atoms with E-state index in [4.69, 9.17) is 5.11 Å². The van der Waals surface area contributed by atoms with Gasteiger partial charge in [0.2, 0.25) is 0 Å². The third-order valence-electron chi connectivity index (χ3n) is 2.10. The van der Waals surface area contributed by atoms with E-state index in [2.05, 4.69) is 0 Å². The summed E-state index contributed by atoms with van der Waals surface area (Å²) in [6.07, 6.45) is 0. The highest BCUT2D eigenvalue weighted by Gasteiger charge is 2.09. The number of rotatable bonds is 2. The predicted octanol–water partition coefficient (Wildman–Crippen LogP) is 1.26. The van der Waals surface area contributed by atoms with Crippen LogP contribution in [0.15, 0.2) is 18.2 Å². The fourth-order valence-electron chi connectivity index (χ4n) is 1.39. The smallest absolute Gasteiger partial charge is 0.252 e. The number of hydrogen-bond donors (Lipinski definition) is 1. The summed E-state index contributed by atoms with van der Waals surface area (Å²) in [5.41, 5.74) is 3.04. The molecular weight excluding hydrogens is 178 g/mol. The summed E-state index contributed by atoms with van der Waals surface area (Å²) in [7, 11) is 1.66. The van der Waals surface area contributed by atoms with Crippen molar-refractivity contribution >= 4 is 11.6 Å². The molecule has 0 spiro atoms. The molecule has 0 unspecified atom stereocenters. The van der Waals surface area contributed by atoms with Gasteiger partial charge in [-0.05, 0) is 37.1 Å². The average molecular weight is 193 g/mol. The topological polar surface area (TPSA) is 40.5 Å². The van der Waals surface area contributed by atoms with Gasteiger partial charge in [-0.3, -0.25) is 4.79 Å². The van der Waals surface area contributed by atoms with Crippen LogP contribution in [0.3, 0.4) is 0 Å². The highest BCUT2D eigenvalue weighted by molar-refractivity contribution is 5.93. The number of hydrogen-bond acceptors (Lipinski definition) is 2. The number of aliphatic hydroxyl groups is 1. The van der Waals surface area contributed by atoms with E-state index in [-0.39, 0.29) is 5.91 Å². The minimum absolute atomic E-state index is 0.296. The summed E-state index contributed by atoms with van der Waals surface area (Å²) in [6.45, 7) is 3.50. The van der Waals surface area contributed by atoms with Gasteiger partial charge in [0.05, 0.1) is 0 Å². The van der Waals surface area contributed by atoms with Crippen LogP contribution >= 0.6 is 0 Å². The van der Waals surface area contributed by atoms with Gasteiger partial charge in [0.15, 0.2) is 0 Å². The number of amides is 1. The zero-order chi connectivity index (χ0) is 10.7. The number of anilines is 1. The molecule has 1 rings (SSSR count). The molecule has 0 aliphatic rings. The minimum Gasteiger partial charge on any atom is -0.387 e. The maximum absolute atomic E-state index is 11.2. The zero-order valence-electron chi connectivity index (χ0n) is 8.74. The number of carbonyl (C=O) groups excluding carboxylic acids is 1. The van der Waals surface area contributed by atoms with Gasteiger partial charge >= 0.3 is 0 Å². The monoisotopic (exact) mass is 193 g/mol. The summed E-state index contributed by atoms with van der Waals surface area (Å²) in [5, 5.41) is 8.71. The standard InChI is InChI=1S/C11H15NO2/c1-8-4-9(2)6-10(5-8)12(3)11(14)7-13/h4-6,13H,7H2,1-3H3. The Labute approximate surface area is 84.0 Å². The molecule has 1 aromatic rings. The Balaban J connectivity index is 3.00. The normalized spacial score (nSPS) is 10.0. The van der Waals surface area contributed by atoms with Crippen LogP contribution in [0.2, 0.25) is 0 Å². The number of benzene rings is 1. The first-order valence-corrected chi connectivity index (χ1v) is 4.50. The molecule has 1 N–H and O–H groups in total. The fraction of sp³-hybridized carbons (Fsp3) is 0.364. The van der Waals surface area contributed by atoms with Crippen LogP contribution in [0.25, 0.3) is 0 Å². The van der Waals surface area contributed by atoms with E-state index in [0.29, 0.717) is 0 Å². The van der Waals surface area contributed by atoms with E-state index in [1.54, 1.807) is 7.05 Å². The highest BCUT2D eigenvalue weighted by atomic mass is 16.3. The largest absolute Gasteiger partial charge is 0.387 e. The lowest BCUT2D eigenvalue weighted by Crippen LogP contribution is -2.28. The molecule has 0 aliphatic carbocycles. The lowest BCUT2D eigenvalue weighted by Gasteiger charge is -2.17. The SMILES string of the molecule is Cc1cc(C)cc(N(C)C(=O)CO)c1. The van der Waals surface area contributed by atoms with Crippen LogP contribution < -0.4 is 4.90 Å². The van der Waals surface area contributed by atoms with Crippen molar-refractivity contribution < 1.29 is 9.90 Å². The van der Waals surface area contributed by atoms with E-state index < -0.39 is 6.61 Å². The molecular formula is C11H15NO2. The molecule has 0 bridgehead atoms. The van der Waals surface area contributed by atoms with Crippen molar-refractivity contribution in [1.29, 1.82) is 0 Å². The third kappa shape index (κ3) is 2.33. The molecule has 0 heterocycles. The molecule has 0 aromatic heterocycles. The van der Waals surface area contributed by atoms with Gasteiger partial charge in [0.25, 0.3) is 5.91 Å².